The second kappa shape index (κ2) is 7.54. The molecule has 2 aromatic rings. The van der Waals surface area contributed by atoms with Crippen LogP contribution in [-0.2, 0) is 0 Å². The molecule has 2 atom stereocenters. The van der Waals surface area contributed by atoms with Crippen LogP contribution in [0.2, 0.25) is 10.0 Å². The van der Waals surface area contributed by atoms with E-state index in [-0.39, 0.29) is 24.4 Å². The fraction of sp³-hybridized carbons (Fsp3) is 0.412. The lowest BCUT2D eigenvalue weighted by molar-refractivity contribution is 0.0680. The summed E-state index contributed by atoms with van der Waals surface area (Å²) in [4.78, 5) is 15.0. The van der Waals surface area contributed by atoms with Crippen molar-refractivity contribution >= 4 is 41.5 Å². The van der Waals surface area contributed by atoms with E-state index in [0.29, 0.717) is 27.3 Å². The van der Waals surface area contributed by atoms with Gasteiger partial charge in [-0.25, -0.2) is 4.68 Å². The Morgan fingerprint density at radius 3 is 2.80 bits per heavy atom. The SMILES string of the molecule is Cl.O=C(c1cnn(-c2ccc(Cl)cc2Cl)c1)N1C2CCNCC1CC2. The molecule has 1 aromatic heterocycles. The molecule has 2 unspecified atom stereocenters. The third-order valence-electron chi connectivity index (χ3n) is 4.87. The van der Waals surface area contributed by atoms with E-state index >= 15 is 0 Å². The van der Waals surface area contributed by atoms with Crippen molar-refractivity contribution in [2.24, 2.45) is 0 Å². The first kappa shape index (κ1) is 18.5. The number of benzene rings is 1. The molecule has 2 aliphatic rings. The van der Waals surface area contributed by atoms with Gasteiger partial charge in [0.05, 0.1) is 22.5 Å². The molecule has 0 spiro atoms. The van der Waals surface area contributed by atoms with Crippen LogP contribution in [0.25, 0.3) is 5.69 Å². The number of hydrogen-bond donors (Lipinski definition) is 1. The fourth-order valence-corrected chi connectivity index (χ4v) is 4.19. The fourth-order valence-electron chi connectivity index (χ4n) is 3.70. The van der Waals surface area contributed by atoms with Gasteiger partial charge < -0.3 is 10.2 Å². The van der Waals surface area contributed by atoms with Crippen LogP contribution in [0.5, 0.6) is 0 Å². The first-order valence-corrected chi connectivity index (χ1v) is 8.92. The smallest absolute Gasteiger partial charge is 0.257 e. The van der Waals surface area contributed by atoms with E-state index in [0.717, 1.165) is 32.4 Å². The average Bonchev–Trinajstić information content (AvgIpc) is 3.10. The second-order valence-corrected chi connectivity index (χ2v) is 7.20. The molecule has 5 nitrogen and oxygen atoms in total. The summed E-state index contributed by atoms with van der Waals surface area (Å²) in [5, 5.41) is 8.80. The van der Waals surface area contributed by atoms with E-state index in [1.54, 1.807) is 35.3 Å². The van der Waals surface area contributed by atoms with Gasteiger partial charge in [0.2, 0.25) is 0 Å². The maximum Gasteiger partial charge on any atom is 0.257 e. The normalized spacial score (nSPS) is 22.4. The third-order valence-corrected chi connectivity index (χ3v) is 5.41. The van der Waals surface area contributed by atoms with Gasteiger partial charge in [-0.15, -0.1) is 12.4 Å². The zero-order valence-electron chi connectivity index (χ0n) is 13.5. The highest BCUT2D eigenvalue weighted by atomic mass is 35.5. The summed E-state index contributed by atoms with van der Waals surface area (Å²) in [7, 11) is 0. The zero-order chi connectivity index (χ0) is 16.7. The summed E-state index contributed by atoms with van der Waals surface area (Å²) >= 11 is 12.2. The summed E-state index contributed by atoms with van der Waals surface area (Å²) in [6.07, 6.45) is 6.54. The topological polar surface area (TPSA) is 50.2 Å². The van der Waals surface area contributed by atoms with E-state index in [1.807, 2.05) is 4.90 Å². The molecule has 1 amide bonds. The first-order valence-electron chi connectivity index (χ1n) is 8.17. The van der Waals surface area contributed by atoms with Crippen molar-refractivity contribution < 1.29 is 4.79 Å². The molecule has 1 N–H and O–H groups in total. The summed E-state index contributed by atoms with van der Waals surface area (Å²) < 4.78 is 1.63. The van der Waals surface area contributed by atoms with E-state index in [4.69, 9.17) is 23.2 Å². The van der Waals surface area contributed by atoms with Crippen molar-refractivity contribution in [3.8, 4) is 5.69 Å². The molecular formula is C17H19Cl3N4O. The van der Waals surface area contributed by atoms with Gasteiger partial charge in [0.1, 0.15) is 0 Å². The van der Waals surface area contributed by atoms with Crippen LogP contribution in [-0.4, -0.2) is 45.8 Å². The maximum atomic E-state index is 13.0. The summed E-state index contributed by atoms with van der Waals surface area (Å²) in [6, 6.07) is 5.84. The van der Waals surface area contributed by atoms with Crippen molar-refractivity contribution in [3.63, 3.8) is 0 Å². The quantitative estimate of drug-likeness (QED) is 0.837. The van der Waals surface area contributed by atoms with Crippen LogP contribution >= 0.6 is 35.6 Å². The molecule has 134 valence electrons. The number of rotatable bonds is 2. The number of nitrogens with one attached hydrogen (secondary N) is 1. The number of aromatic nitrogens is 2. The number of carbonyl (C=O) groups is 1. The molecule has 2 bridgehead atoms. The second-order valence-electron chi connectivity index (χ2n) is 6.36. The Bertz CT molecular complexity index is 765. The molecule has 0 radical (unpaired) electrons. The molecule has 8 heteroatoms. The van der Waals surface area contributed by atoms with Gasteiger partial charge in [0, 0.05) is 29.8 Å². The van der Waals surface area contributed by atoms with Gasteiger partial charge in [0.25, 0.3) is 5.91 Å². The van der Waals surface area contributed by atoms with Crippen LogP contribution in [0, 0.1) is 0 Å². The van der Waals surface area contributed by atoms with Gasteiger partial charge >= 0.3 is 0 Å². The van der Waals surface area contributed by atoms with Crippen LogP contribution in [0.3, 0.4) is 0 Å². The van der Waals surface area contributed by atoms with E-state index in [9.17, 15) is 4.79 Å². The minimum atomic E-state index is 0. The summed E-state index contributed by atoms with van der Waals surface area (Å²) in [6.45, 7) is 1.85. The van der Waals surface area contributed by atoms with Crippen molar-refractivity contribution in [2.45, 2.75) is 31.3 Å². The van der Waals surface area contributed by atoms with Crippen molar-refractivity contribution in [3.05, 3.63) is 46.2 Å². The van der Waals surface area contributed by atoms with Crippen LogP contribution in [0.15, 0.2) is 30.6 Å². The van der Waals surface area contributed by atoms with Gasteiger partial charge in [-0.3, -0.25) is 4.79 Å². The molecule has 2 saturated heterocycles. The Morgan fingerprint density at radius 2 is 2.00 bits per heavy atom. The van der Waals surface area contributed by atoms with Gasteiger partial charge in [-0.05, 0) is 44.0 Å². The lowest BCUT2D eigenvalue weighted by Gasteiger charge is -2.27. The Labute approximate surface area is 162 Å². The highest BCUT2D eigenvalue weighted by Gasteiger charge is 2.38. The Balaban J connectivity index is 0.00000182. The molecule has 0 aliphatic carbocycles. The van der Waals surface area contributed by atoms with Crippen LogP contribution in [0.4, 0.5) is 0 Å². The minimum absolute atomic E-state index is 0. The third kappa shape index (κ3) is 3.51. The summed E-state index contributed by atoms with van der Waals surface area (Å²) in [5.41, 5.74) is 1.31. The molecular weight excluding hydrogens is 383 g/mol. The van der Waals surface area contributed by atoms with E-state index < -0.39 is 0 Å². The lowest BCUT2D eigenvalue weighted by atomic mass is 10.1. The lowest BCUT2D eigenvalue weighted by Crippen LogP contribution is -2.42. The standard InChI is InChI=1S/C17H18Cl2N4O.ClH/c18-12-1-4-16(15(19)7-12)22-10-11(8-21-22)17(24)23-13-2-3-14(23)9-20-6-5-13;/h1,4,7-8,10,13-14,20H,2-3,5-6,9H2;1H. The first-order chi connectivity index (χ1) is 11.6. The van der Waals surface area contributed by atoms with Gasteiger partial charge in [-0.1, -0.05) is 23.2 Å². The molecule has 3 heterocycles. The van der Waals surface area contributed by atoms with Crippen molar-refractivity contribution in [1.29, 1.82) is 0 Å². The number of halogens is 3. The molecule has 2 fully saturated rings. The Kier molecular flexibility index (Phi) is 5.58. The Morgan fingerprint density at radius 1 is 1.20 bits per heavy atom. The van der Waals surface area contributed by atoms with Crippen molar-refractivity contribution in [1.82, 2.24) is 20.0 Å². The molecule has 2 aliphatic heterocycles. The molecule has 25 heavy (non-hydrogen) atoms. The largest absolute Gasteiger partial charge is 0.331 e. The predicted molar refractivity (Wildman–Crippen MR) is 101 cm³/mol. The predicted octanol–water partition coefficient (Wildman–Crippen LogP) is 3.57. The van der Waals surface area contributed by atoms with E-state index in [2.05, 4.69) is 10.4 Å². The number of hydrogen-bond acceptors (Lipinski definition) is 3. The number of fused-ring (bicyclic) bond motifs is 2. The monoisotopic (exact) mass is 400 g/mol. The molecule has 1 aromatic carbocycles. The highest BCUT2D eigenvalue weighted by Crippen LogP contribution is 2.30. The zero-order valence-corrected chi connectivity index (χ0v) is 15.8. The minimum Gasteiger partial charge on any atom is -0.331 e. The van der Waals surface area contributed by atoms with Crippen LogP contribution < -0.4 is 5.32 Å². The average molecular weight is 402 g/mol. The molecule has 0 saturated carbocycles. The van der Waals surface area contributed by atoms with Gasteiger partial charge in [0.15, 0.2) is 0 Å². The maximum absolute atomic E-state index is 13.0. The number of carbonyl (C=O) groups excluding carboxylic acids is 1. The Hall–Kier alpha value is -1.27. The molecule has 4 rings (SSSR count). The van der Waals surface area contributed by atoms with Crippen LogP contribution in [0.1, 0.15) is 29.6 Å². The number of amides is 1. The van der Waals surface area contributed by atoms with E-state index in [1.165, 1.54) is 0 Å². The van der Waals surface area contributed by atoms with Gasteiger partial charge in [-0.2, -0.15) is 5.10 Å². The van der Waals surface area contributed by atoms with Crippen molar-refractivity contribution in [2.75, 3.05) is 13.1 Å². The number of nitrogens with zero attached hydrogens (tertiary/aromatic N) is 3. The summed E-state index contributed by atoms with van der Waals surface area (Å²) in [5.74, 6) is 0.0579. The highest BCUT2D eigenvalue weighted by molar-refractivity contribution is 6.35.